The Balaban J connectivity index is 2.38. The first-order chi connectivity index (χ1) is 12.1. The van der Waals surface area contributed by atoms with E-state index in [9.17, 15) is 23.1 Å². The minimum atomic E-state index is -3.68. The molecule has 7 nitrogen and oxygen atoms in total. The highest BCUT2D eigenvalue weighted by Gasteiger charge is 2.38. The summed E-state index contributed by atoms with van der Waals surface area (Å²) >= 11 is 0. The third kappa shape index (κ3) is 3.61. The second-order valence-corrected chi connectivity index (χ2v) is 8.45. The molecule has 1 heterocycles. The van der Waals surface area contributed by atoms with E-state index in [0.717, 1.165) is 0 Å². The molecule has 1 aromatic rings. The molecule has 8 heteroatoms. The third-order valence-corrected chi connectivity index (χ3v) is 7.28. The summed E-state index contributed by atoms with van der Waals surface area (Å²) in [5.41, 5.74) is 0.838. The molecule has 1 saturated heterocycles. The van der Waals surface area contributed by atoms with Crippen LogP contribution in [0.1, 0.15) is 43.1 Å². The molecule has 0 aliphatic carbocycles. The Kier molecular flexibility index (Phi) is 6.08. The molecule has 1 aliphatic rings. The summed E-state index contributed by atoms with van der Waals surface area (Å²) in [5, 5.41) is 9.23. The summed E-state index contributed by atoms with van der Waals surface area (Å²) in [6.07, 6.45) is 0.401. The van der Waals surface area contributed by atoms with Crippen LogP contribution in [0.3, 0.4) is 0 Å². The molecule has 1 aliphatic heterocycles. The third-order valence-electron chi connectivity index (χ3n) is 5.09. The fourth-order valence-corrected chi connectivity index (χ4v) is 5.14. The summed E-state index contributed by atoms with van der Waals surface area (Å²) in [7, 11) is -3.68. The number of aryl methyl sites for hydroxylation is 1. The lowest BCUT2D eigenvalue weighted by molar-refractivity contribution is -0.142. The van der Waals surface area contributed by atoms with Gasteiger partial charge in [0.15, 0.2) is 0 Å². The number of hydrogen-bond acceptors (Lipinski definition) is 4. The molecule has 1 fully saturated rings. The van der Waals surface area contributed by atoms with Crippen LogP contribution in [-0.4, -0.2) is 60.3 Å². The van der Waals surface area contributed by atoms with Gasteiger partial charge in [-0.1, -0.05) is 19.9 Å². The minimum Gasteiger partial charge on any atom is -0.481 e. The van der Waals surface area contributed by atoms with Crippen LogP contribution in [0.25, 0.3) is 0 Å². The number of carboxylic acid groups (broad SMARTS) is 1. The maximum Gasteiger partial charge on any atom is 0.308 e. The zero-order chi connectivity index (χ0) is 19.6. The Labute approximate surface area is 154 Å². The molecular formula is C18H26N2O5S. The molecule has 0 bridgehead atoms. The van der Waals surface area contributed by atoms with Crippen LogP contribution < -0.4 is 0 Å². The van der Waals surface area contributed by atoms with Crippen LogP contribution in [0.4, 0.5) is 0 Å². The van der Waals surface area contributed by atoms with Crippen LogP contribution in [0.2, 0.25) is 0 Å². The Hall–Kier alpha value is -1.93. The van der Waals surface area contributed by atoms with Crippen molar-refractivity contribution in [3.63, 3.8) is 0 Å². The van der Waals surface area contributed by atoms with E-state index in [-0.39, 0.29) is 16.4 Å². The van der Waals surface area contributed by atoms with Gasteiger partial charge in [0, 0.05) is 31.2 Å². The number of carbonyl (C=O) groups excluding carboxylic acids is 1. The predicted molar refractivity (Wildman–Crippen MR) is 97.5 cm³/mol. The molecule has 1 aromatic carbocycles. The average molecular weight is 382 g/mol. The summed E-state index contributed by atoms with van der Waals surface area (Å²) in [4.78, 5) is 25.7. The van der Waals surface area contributed by atoms with Gasteiger partial charge in [-0.05, 0) is 38.0 Å². The summed E-state index contributed by atoms with van der Waals surface area (Å²) in [6.45, 7) is 7.99. The molecule has 26 heavy (non-hydrogen) atoms. The monoisotopic (exact) mass is 382 g/mol. The van der Waals surface area contributed by atoms with Gasteiger partial charge in [-0.3, -0.25) is 9.59 Å². The topological polar surface area (TPSA) is 95.0 Å². The zero-order valence-corrected chi connectivity index (χ0v) is 16.4. The molecule has 1 N–H and O–H groups in total. The van der Waals surface area contributed by atoms with E-state index >= 15 is 0 Å². The van der Waals surface area contributed by atoms with E-state index in [1.807, 2.05) is 0 Å². The number of benzene rings is 1. The number of carbonyl (C=O) groups is 2. The molecule has 144 valence electrons. The lowest BCUT2D eigenvalue weighted by Gasteiger charge is -2.24. The van der Waals surface area contributed by atoms with E-state index in [1.165, 1.54) is 15.3 Å². The van der Waals surface area contributed by atoms with Crippen molar-refractivity contribution in [2.75, 3.05) is 19.6 Å². The van der Waals surface area contributed by atoms with Crippen molar-refractivity contribution in [3.05, 3.63) is 29.3 Å². The van der Waals surface area contributed by atoms with Gasteiger partial charge in [0.05, 0.1) is 10.8 Å². The quantitative estimate of drug-likeness (QED) is 0.811. The first kappa shape index (κ1) is 20.4. The van der Waals surface area contributed by atoms with Crippen LogP contribution in [0, 0.1) is 12.8 Å². The van der Waals surface area contributed by atoms with Crippen LogP contribution >= 0.6 is 0 Å². The van der Waals surface area contributed by atoms with E-state index in [1.54, 1.807) is 39.8 Å². The maximum atomic E-state index is 12.8. The van der Waals surface area contributed by atoms with Gasteiger partial charge < -0.3 is 10.0 Å². The van der Waals surface area contributed by atoms with Gasteiger partial charge in [0.1, 0.15) is 0 Å². The second-order valence-electron chi connectivity index (χ2n) is 6.54. The fourth-order valence-electron chi connectivity index (χ4n) is 3.44. The van der Waals surface area contributed by atoms with Gasteiger partial charge in [0.2, 0.25) is 10.0 Å². The van der Waals surface area contributed by atoms with E-state index < -0.39 is 28.0 Å². The number of rotatable bonds is 6. The van der Waals surface area contributed by atoms with Gasteiger partial charge >= 0.3 is 5.97 Å². The van der Waals surface area contributed by atoms with Crippen molar-refractivity contribution < 1.29 is 23.1 Å². The van der Waals surface area contributed by atoms with Crippen molar-refractivity contribution >= 4 is 21.9 Å². The van der Waals surface area contributed by atoms with Crippen molar-refractivity contribution in [2.24, 2.45) is 5.92 Å². The first-order valence-electron chi connectivity index (χ1n) is 8.79. The largest absolute Gasteiger partial charge is 0.481 e. The highest BCUT2D eigenvalue weighted by atomic mass is 32.2. The van der Waals surface area contributed by atoms with Crippen molar-refractivity contribution in [1.29, 1.82) is 0 Å². The average Bonchev–Trinajstić information content (AvgIpc) is 2.97. The molecule has 0 spiro atoms. The molecule has 2 rings (SSSR count). The molecule has 0 saturated carbocycles. The van der Waals surface area contributed by atoms with Crippen LogP contribution in [-0.2, 0) is 14.8 Å². The fraction of sp³-hybridized carbons (Fsp3) is 0.556. The van der Waals surface area contributed by atoms with Crippen LogP contribution in [0.5, 0.6) is 0 Å². The van der Waals surface area contributed by atoms with E-state index in [4.69, 9.17) is 0 Å². The molecular weight excluding hydrogens is 356 g/mol. The summed E-state index contributed by atoms with van der Waals surface area (Å²) in [6, 6.07) is 4.20. The van der Waals surface area contributed by atoms with Gasteiger partial charge in [-0.15, -0.1) is 0 Å². The van der Waals surface area contributed by atoms with Gasteiger partial charge in [0.25, 0.3) is 5.91 Å². The highest BCUT2D eigenvalue weighted by Crippen LogP contribution is 2.28. The smallest absolute Gasteiger partial charge is 0.308 e. The van der Waals surface area contributed by atoms with Crippen molar-refractivity contribution in [1.82, 2.24) is 9.21 Å². The second kappa shape index (κ2) is 7.75. The standard InChI is InChI=1S/C18H26N2O5S/c1-5-19(6-2)26(24,25)16-11-14(8-7-12(16)3)17(21)20-10-9-15(13(20)4)18(22)23/h7-8,11,13,15H,5-6,9-10H2,1-4H3,(H,22,23). The lowest BCUT2D eigenvalue weighted by Crippen LogP contribution is -2.38. The first-order valence-corrected chi connectivity index (χ1v) is 10.2. The van der Waals surface area contributed by atoms with Crippen molar-refractivity contribution in [3.8, 4) is 0 Å². The van der Waals surface area contributed by atoms with E-state index in [0.29, 0.717) is 31.6 Å². The lowest BCUT2D eigenvalue weighted by atomic mass is 10.0. The molecule has 0 aromatic heterocycles. The number of aliphatic carboxylic acids is 1. The normalized spacial score (nSPS) is 20.6. The van der Waals surface area contributed by atoms with E-state index in [2.05, 4.69) is 0 Å². The molecule has 2 atom stereocenters. The zero-order valence-electron chi connectivity index (χ0n) is 15.6. The Bertz CT molecular complexity index is 802. The number of hydrogen-bond donors (Lipinski definition) is 1. The predicted octanol–water partition coefficient (Wildman–Crippen LogP) is 1.96. The number of likely N-dealkylation sites (tertiary alicyclic amines) is 1. The highest BCUT2D eigenvalue weighted by molar-refractivity contribution is 7.89. The van der Waals surface area contributed by atoms with Gasteiger partial charge in [-0.25, -0.2) is 8.42 Å². The Morgan fingerprint density at radius 3 is 2.38 bits per heavy atom. The molecule has 2 unspecified atom stereocenters. The maximum absolute atomic E-state index is 12.8. The van der Waals surface area contributed by atoms with Gasteiger partial charge in [-0.2, -0.15) is 4.31 Å². The number of nitrogens with zero attached hydrogens (tertiary/aromatic N) is 2. The minimum absolute atomic E-state index is 0.119. The summed E-state index contributed by atoms with van der Waals surface area (Å²) in [5.74, 6) is -1.85. The molecule has 1 amide bonds. The Morgan fingerprint density at radius 1 is 1.27 bits per heavy atom. The number of sulfonamides is 1. The SMILES string of the molecule is CCN(CC)S(=O)(=O)c1cc(C(=O)N2CCC(C(=O)O)C2C)ccc1C. The van der Waals surface area contributed by atoms with Crippen molar-refractivity contribution in [2.45, 2.75) is 45.1 Å². The summed E-state index contributed by atoms with van der Waals surface area (Å²) < 4.78 is 27.0. The Morgan fingerprint density at radius 2 is 1.88 bits per heavy atom. The van der Waals surface area contributed by atoms with Crippen LogP contribution in [0.15, 0.2) is 23.1 Å². The number of carboxylic acids is 1. The number of amides is 1. The molecule has 0 radical (unpaired) electrons.